The van der Waals surface area contributed by atoms with Crippen molar-refractivity contribution in [2.45, 2.75) is 5.50 Å². The average molecular weight is 202 g/mol. The van der Waals surface area contributed by atoms with E-state index in [1.807, 2.05) is 0 Å². The quantitative estimate of drug-likeness (QED) is 0.600. The molecule has 0 heterocycles. The molecular formula is C9H12ClNO2. The second-order valence-electron chi connectivity index (χ2n) is 2.52. The molecule has 0 saturated carbocycles. The van der Waals surface area contributed by atoms with Crippen LogP contribution in [0.1, 0.15) is 11.1 Å². The van der Waals surface area contributed by atoms with Crippen LogP contribution in [0.5, 0.6) is 11.5 Å². The van der Waals surface area contributed by atoms with Crippen molar-refractivity contribution in [1.82, 2.24) is 0 Å². The number of ether oxygens (including phenoxy) is 2. The van der Waals surface area contributed by atoms with Crippen LogP contribution in [0.2, 0.25) is 0 Å². The first-order valence-electron chi connectivity index (χ1n) is 3.80. The molecule has 0 radical (unpaired) electrons. The Morgan fingerprint density at radius 2 is 1.85 bits per heavy atom. The van der Waals surface area contributed by atoms with Gasteiger partial charge < -0.3 is 15.2 Å². The van der Waals surface area contributed by atoms with Crippen LogP contribution in [0, 0.1) is 0 Å². The molecule has 1 atom stereocenters. The van der Waals surface area contributed by atoms with E-state index in [4.69, 9.17) is 26.8 Å². The number of methoxy groups -OCH3 is 2. The summed E-state index contributed by atoms with van der Waals surface area (Å²) in [5.41, 5.74) is 5.79. The van der Waals surface area contributed by atoms with Crippen molar-refractivity contribution in [3.05, 3.63) is 23.8 Å². The molecule has 0 bridgehead atoms. The van der Waals surface area contributed by atoms with E-state index in [2.05, 4.69) is 0 Å². The predicted molar refractivity (Wildman–Crippen MR) is 52.3 cm³/mol. The van der Waals surface area contributed by atoms with Crippen LogP contribution < -0.4 is 15.2 Å². The minimum atomic E-state index is -0.514. The summed E-state index contributed by atoms with van der Waals surface area (Å²) in [4.78, 5) is 0. The molecule has 0 amide bonds. The molecular weight excluding hydrogens is 190 g/mol. The van der Waals surface area contributed by atoms with Gasteiger partial charge in [-0.05, 0) is 17.7 Å². The third-order valence-corrected chi connectivity index (χ3v) is 1.98. The maximum atomic E-state index is 5.71. The zero-order valence-electron chi connectivity index (χ0n) is 7.58. The number of halogens is 1. The number of alkyl halides is 1. The van der Waals surface area contributed by atoms with E-state index in [1.165, 1.54) is 0 Å². The molecule has 0 fully saturated rings. The third-order valence-electron chi connectivity index (χ3n) is 1.73. The molecule has 4 heteroatoms. The fourth-order valence-corrected chi connectivity index (χ4v) is 1.16. The zero-order chi connectivity index (χ0) is 9.84. The maximum absolute atomic E-state index is 5.71. The Balaban J connectivity index is 3.05. The number of benzene rings is 1. The number of rotatable bonds is 3. The van der Waals surface area contributed by atoms with Gasteiger partial charge in [-0.3, -0.25) is 0 Å². The van der Waals surface area contributed by atoms with Gasteiger partial charge in [-0.15, -0.1) is 11.6 Å². The highest BCUT2D eigenvalue weighted by Crippen LogP contribution is 2.30. The van der Waals surface area contributed by atoms with Gasteiger partial charge in [-0.1, -0.05) is 6.07 Å². The van der Waals surface area contributed by atoms with E-state index in [-0.39, 0.29) is 0 Å². The molecule has 0 aliphatic rings. The van der Waals surface area contributed by atoms with Crippen molar-refractivity contribution in [3.8, 4) is 11.5 Å². The molecule has 0 aliphatic carbocycles. The van der Waals surface area contributed by atoms with Crippen LogP contribution in [-0.2, 0) is 0 Å². The molecule has 2 N–H and O–H groups in total. The molecule has 1 rings (SSSR count). The van der Waals surface area contributed by atoms with E-state index < -0.39 is 5.50 Å². The SMILES string of the molecule is COc1ccc(C(N)Cl)cc1OC. The van der Waals surface area contributed by atoms with Crippen LogP contribution in [0.25, 0.3) is 0 Å². The lowest BCUT2D eigenvalue weighted by atomic mass is 10.2. The standard InChI is InChI=1S/C9H12ClNO2/c1-12-7-4-3-6(9(10)11)5-8(7)13-2/h3-5,9H,11H2,1-2H3. The molecule has 13 heavy (non-hydrogen) atoms. The smallest absolute Gasteiger partial charge is 0.161 e. The Kier molecular flexibility index (Phi) is 3.39. The van der Waals surface area contributed by atoms with Crippen molar-refractivity contribution in [2.24, 2.45) is 5.73 Å². The van der Waals surface area contributed by atoms with Crippen LogP contribution in [0.3, 0.4) is 0 Å². The van der Waals surface area contributed by atoms with E-state index in [1.54, 1.807) is 32.4 Å². The summed E-state index contributed by atoms with van der Waals surface area (Å²) in [5.74, 6) is 1.31. The summed E-state index contributed by atoms with van der Waals surface area (Å²) < 4.78 is 10.1. The second kappa shape index (κ2) is 4.35. The molecule has 1 aromatic carbocycles. The van der Waals surface area contributed by atoms with E-state index >= 15 is 0 Å². The average Bonchev–Trinajstić information content (AvgIpc) is 2.16. The fraction of sp³-hybridized carbons (Fsp3) is 0.333. The van der Waals surface area contributed by atoms with E-state index in [9.17, 15) is 0 Å². The Labute approximate surface area is 82.4 Å². The largest absolute Gasteiger partial charge is 0.493 e. The first kappa shape index (κ1) is 10.2. The number of nitrogens with two attached hydrogens (primary N) is 1. The summed E-state index contributed by atoms with van der Waals surface area (Å²) in [5, 5.41) is 0. The van der Waals surface area contributed by atoms with Gasteiger partial charge in [0.1, 0.15) is 5.50 Å². The van der Waals surface area contributed by atoms with Crippen molar-refractivity contribution in [2.75, 3.05) is 14.2 Å². The van der Waals surface area contributed by atoms with Gasteiger partial charge in [0.15, 0.2) is 11.5 Å². The minimum absolute atomic E-state index is 0.514. The highest BCUT2D eigenvalue weighted by molar-refractivity contribution is 6.20. The van der Waals surface area contributed by atoms with Crippen LogP contribution in [0.15, 0.2) is 18.2 Å². The molecule has 1 unspecified atom stereocenters. The van der Waals surface area contributed by atoms with Gasteiger partial charge >= 0.3 is 0 Å². The van der Waals surface area contributed by atoms with Crippen molar-refractivity contribution in [1.29, 1.82) is 0 Å². The Bertz CT molecular complexity index is 289. The molecule has 3 nitrogen and oxygen atoms in total. The molecule has 0 aliphatic heterocycles. The highest BCUT2D eigenvalue weighted by Gasteiger charge is 2.07. The molecule has 0 spiro atoms. The monoisotopic (exact) mass is 201 g/mol. The normalized spacial score (nSPS) is 12.3. The van der Waals surface area contributed by atoms with Crippen molar-refractivity contribution >= 4 is 11.6 Å². The van der Waals surface area contributed by atoms with E-state index in [0.717, 1.165) is 5.56 Å². The van der Waals surface area contributed by atoms with Crippen LogP contribution in [0.4, 0.5) is 0 Å². The molecule has 1 aromatic rings. The topological polar surface area (TPSA) is 44.5 Å². The van der Waals surface area contributed by atoms with Gasteiger partial charge in [-0.25, -0.2) is 0 Å². The van der Waals surface area contributed by atoms with Gasteiger partial charge in [0, 0.05) is 0 Å². The summed E-state index contributed by atoms with van der Waals surface area (Å²) in [7, 11) is 3.15. The van der Waals surface area contributed by atoms with Gasteiger partial charge in [0.2, 0.25) is 0 Å². The van der Waals surface area contributed by atoms with Crippen LogP contribution >= 0.6 is 11.6 Å². The zero-order valence-corrected chi connectivity index (χ0v) is 8.34. The Morgan fingerprint density at radius 1 is 1.23 bits per heavy atom. The number of hydrogen-bond acceptors (Lipinski definition) is 3. The maximum Gasteiger partial charge on any atom is 0.161 e. The summed E-state index contributed by atoms with van der Waals surface area (Å²) in [6.45, 7) is 0. The lowest BCUT2D eigenvalue weighted by Crippen LogP contribution is -2.02. The summed E-state index contributed by atoms with van der Waals surface area (Å²) in [6, 6.07) is 5.34. The van der Waals surface area contributed by atoms with Gasteiger partial charge in [0.25, 0.3) is 0 Å². The van der Waals surface area contributed by atoms with Crippen molar-refractivity contribution in [3.63, 3.8) is 0 Å². The molecule has 0 aromatic heterocycles. The predicted octanol–water partition coefficient (Wildman–Crippen LogP) is 1.90. The van der Waals surface area contributed by atoms with E-state index in [0.29, 0.717) is 11.5 Å². The Morgan fingerprint density at radius 3 is 2.31 bits per heavy atom. The fourth-order valence-electron chi connectivity index (χ4n) is 1.02. The minimum Gasteiger partial charge on any atom is -0.493 e. The first-order valence-corrected chi connectivity index (χ1v) is 4.24. The van der Waals surface area contributed by atoms with Crippen LogP contribution in [-0.4, -0.2) is 14.2 Å². The first-order chi connectivity index (χ1) is 6.19. The van der Waals surface area contributed by atoms with Gasteiger partial charge in [0.05, 0.1) is 14.2 Å². The third kappa shape index (κ3) is 2.26. The molecule has 72 valence electrons. The summed E-state index contributed by atoms with van der Waals surface area (Å²) >= 11 is 5.71. The number of hydrogen-bond donors (Lipinski definition) is 1. The lowest BCUT2D eigenvalue weighted by molar-refractivity contribution is 0.354. The summed E-state index contributed by atoms with van der Waals surface area (Å²) in [6.07, 6.45) is 0. The lowest BCUT2D eigenvalue weighted by Gasteiger charge is -2.10. The highest BCUT2D eigenvalue weighted by atomic mass is 35.5. The van der Waals surface area contributed by atoms with Gasteiger partial charge in [-0.2, -0.15) is 0 Å². The second-order valence-corrected chi connectivity index (χ2v) is 2.99. The molecule has 0 saturated heterocycles. The Hall–Kier alpha value is -0.930. The van der Waals surface area contributed by atoms with Crippen molar-refractivity contribution < 1.29 is 9.47 Å².